The van der Waals surface area contributed by atoms with Crippen LogP contribution in [0.5, 0.6) is 0 Å². The van der Waals surface area contributed by atoms with Crippen LogP contribution in [-0.4, -0.2) is 41.0 Å². The summed E-state index contributed by atoms with van der Waals surface area (Å²) in [5, 5.41) is 6.33. The first kappa shape index (κ1) is 13.9. The van der Waals surface area contributed by atoms with E-state index in [0.29, 0.717) is 0 Å². The molecule has 2 N–H and O–H groups in total. The van der Waals surface area contributed by atoms with Crippen molar-refractivity contribution in [2.75, 3.05) is 31.1 Å². The molecule has 1 saturated heterocycles. The monoisotopic (exact) mass is 309 g/mol. The van der Waals surface area contributed by atoms with E-state index in [1.54, 1.807) is 22.7 Å². The van der Waals surface area contributed by atoms with Gasteiger partial charge in [0.05, 0.1) is 11.7 Å². The van der Waals surface area contributed by atoms with E-state index in [-0.39, 0.29) is 6.04 Å². The molecule has 0 radical (unpaired) electrons. The van der Waals surface area contributed by atoms with Gasteiger partial charge in [-0.15, -0.1) is 22.7 Å². The van der Waals surface area contributed by atoms with Gasteiger partial charge < -0.3 is 10.6 Å². The van der Waals surface area contributed by atoms with E-state index in [9.17, 15) is 0 Å². The van der Waals surface area contributed by atoms with Gasteiger partial charge in [-0.25, -0.2) is 9.97 Å². The Kier molecular flexibility index (Phi) is 4.30. The second kappa shape index (κ2) is 6.17. The molecular formula is C13H19N5S2. The number of piperazine rings is 1. The molecule has 3 rings (SSSR count). The lowest BCUT2D eigenvalue weighted by Crippen LogP contribution is -2.46. The van der Waals surface area contributed by atoms with E-state index < -0.39 is 0 Å². The van der Waals surface area contributed by atoms with Crippen molar-refractivity contribution in [2.24, 2.45) is 5.73 Å². The third kappa shape index (κ3) is 3.17. The fraction of sp³-hybridized carbons (Fsp3) is 0.538. The van der Waals surface area contributed by atoms with Crippen LogP contribution in [-0.2, 0) is 6.54 Å². The molecule has 7 heteroatoms. The topological polar surface area (TPSA) is 58.3 Å². The van der Waals surface area contributed by atoms with Crippen molar-refractivity contribution in [1.82, 2.24) is 14.9 Å². The predicted octanol–water partition coefficient (Wildman–Crippen LogP) is 1.94. The molecule has 0 aromatic carbocycles. The number of thiazole rings is 2. The Balaban J connectivity index is 1.53. The first-order valence-electron chi connectivity index (χ1n) is 6.79. The molecule has 1 unspecified atom stereocenters. The van der Waals surface area contributed by atoms with Crippen LogP contribution in [0.4, 0.5) is 5.13 Å². The second-order valence-electron chi connectivity index (χ2n) is 5.04. The molecule has 1 aliphatic heterocycles. The molecule has 0 spiro atoms. The first-order valence-corrected chi connectivity index (χ1v) is 8.55. The highest BCUT2D eigenvalue weighted by atomic mass is 32.1. The SMILES string of the molecule is CC(N)c1nc(CN2CCN(c3nccs3)CC2)cs1. The second-order valence-corrected chi connectivity index (χ2v) is 6.81. The third-order valence-corrected chi connectivity index (χ3v) is 5.33. The summed E-state index contributed by atoms with van der Waals surface area (Å²) in [6.45, 7) is 7.11. The first-order chi connectivity index (χ1) is 9.72. The maximum absolute atomic E-state index is 5.85. The normalized spacial score (nSPS) is 18.4. The van der Waals surface area contributed by atoms with Crippen LogP contribution < -0.4 is 10.6 Å². The predicted molar refractivity (Wildman–Crippen MR) is 84.3 cm³/mol. The van der Waals surface area contributed by atoms with Crippen molar-refractivity contribution >= 4 is 27.8 Å². The van der Waals surface area contributed by atoms with E-state index >= 15 is 0 Å². The molecule has 3 heterocycles. The Bertz CT molecular complexity index is 529. The number of hydrogen-bond acceptors (Lipinski definition) is 7. The minimum Gasteiger partial charge on any atom is -0.346 e. The summed E-state index contributed by atoms with van der Waals surface area (Å²) in [5.41, 5.74) is 7.00. The average molecular weight is 309 g/mol. The van der Waals surface area contributed by atoms with Crippen molar-refractivity contribution < 1.29 is 0 Å². The lowest BCUT2D eigenvalue weighted by Gasteiger charge is -2.34. The van der Waals surface area contributed by atoms with Crippen molar-refractivity contribution in [2.45, 2.75) is 19.5 Å². The standard InChI is InChI=1S/C13H19N5S2/c1-10(14)12-16-11(9-20-12)8-17-3-5-18(6-4-17)13-15-2-7-19-13/h2,7,9-10H,3-6,8,14H2,1H3. The summed E-state index contributed by atoms with van der Waals surface area (Å²) in [6.07, 6.45) is 1.87. The Labute approximate surface area is 127 Å². The van der Waals surface area contributed by atoms with Gasteiger partial charge in [0.2, 0.25) is 0 Å². The van der Waals surface area contributed by atoms with Gasteiger partial charge in [-0.05, 0) is 6.92 Å². The van der Waals surface area contributed by atoms with E-state index in [1.807, 2.05) is 18.5 Å². The smallest absolute Gasteiger partial charge is 0.185 e. The van der Waals surface area contributed by atoms with Crippen LogP contribution in [0, 0.1) is 0 Å². The lowest BCUT2D eigenvalue weighted by molar-refractivity contribution is 0.247. The van der Waals surface area contributed by atoms with Crippen LogP contribution in [0.25, 0.3) is 0 Å². The quantitative estimate of drug-likeness (QED) is 0.935. The fourth-order valence-electron chi connectivity index (χ4n) is 2.30. The average Bonchev–Trinajstić information content (AvgIpc) is 3.10. The fourth-order valence-corrected chi connectivity index (χ4v) is 3.77. The van der Waals surface area contributed by atoms with E-state index in [1.165, 1.54) is 0 Å². The third-order valence-electron chi connectivity index (χ3n) is 3.41. The Hall–Kier alpha value is -1.02. The van der Waals surface area contributed by atoms with Crippen LogP contribution in [0.1, 0.15) is 23.7 Å². The zero-order valence-corrected chi connectivity index (χ0v) is 13.2. The van der Waals surface area contributed by atoms with E-state index in [2.05, 4.69) is 25.1 Å². The number of anilines is 1. The molecule has 108 valence electrons. The molecule has 2 aromatic rings. The van der Waals surface area contributed by atoms with Crippen LogP contribution >= 0.6 is 22.7 Å². The molecule has 20 heavy (non-hydrogen) atoms. The molecule has 0 bridgehead atoms. The highest BCUT2D eigenvalue weighted by Crippen LogP contribution is 2.21. The molecule has 0 aliphatic carbocycles. The van der Waals surface area contributed by atoms with Gasteiger partial charge in [-0.1, -0.05) is 0 Å². The summed E-state index contributed by atoms with van der Waals surface area (Å²) in [6, 6.07) is 0.0375. The van der Waals surface area contributed by atoms with Crippen molar-refractivity contribution in [3.8, 4) is 0 Å². The molecule has 2 aromatic heterocycles. The largest absolute Gasteiger partial charge is 0.346 e. The zero-order valence-electron chi connectivity index (χ0n) is 11.5. The Morgan fingerprint density at radius 1 is 1.30 bits per heavy atom. The summed E-state index contributed by atoms with van der Waals surface area (Å²) >= 11 is 3.38. The number of rotatable bonds is 4. The lowest BCUT2D eigenvalue weighted by atomic mass is 10.3. The number of nitrogens with zero attached hydrogens (tertiary/aromatic N) is 4. The molecule has 1 fully saturated rings. The highest BCUT2D eigenvalue weighted by Gasteiger charge is 2.19. The van der Waals surface area contributed by atoms with Gasteiger partial charge in [0.25, 0.3) is 0 Å². The van der Waals surface area contributed by atoms with Gasteiger partial charge in [0.1, 0.15) is 5.01 Å². The van der Waals surface area contributed by atoms with Crippen molar-refractivity contribution in [3.05, 3.63) is 27.7 Å². The number of hydrogen-bond donors (Lipinski definition) is 1. The summed E-state index contributed by atoms with van der Waals surface area (Å²) in [4.78, 5) is 13.8. The molecule has 0 amide bonds. The minimum atomic E-state index is 0.0375. The van der Waals surface area contributed by atoms with E-state index in [4.69, 9.17) is 5.73 Å². The maximum Gasteiger partial charge on any atom is 0.185 e. The molecule has 1 aliphatic rings. The van der Waals surface area contributed by atoms with Gasteiger partial charge in [-0.3, -0.25) is 4.90 Å². The van der Waals surface area contributed by atoms with Crippen molar-refractivity contribution in [3.63, 3.8) is 0 Å². The number of nitrogens with two attached hydrogens (primary N) is 1. The summed E-state index contributed by atoms with van der Waals surface area (Å²) < 4.78 is 0. The number of aromatic nitrogens is 2. The Morgan fingerprint density at radius 3 is 2.70 bits per heavy atom. The Morgan fingerprint density at radius 2 is 2.10 bits per heavy atom. The zero-order chi connectivity index (χ0) is 13.9. The summed E-state index contributed by atoms with van der Waals surface area (Å²) in [5.74, 6) is 0. The maximum atomic E-state index is 5.85. The van der Waals surface area contributed by atoms with Gasteiger partial charge in [0, 0.05) is 49.7 Å². The van der Waals surface area contributed by atoms with Gasteiger partial charge in [-0.2, -0.15) is 0 Å². The van der Waals surface area contributed by atoms with E-state index in [0.717, 1.165) is 48.6 Å². The minimum absolute atomic E-state index is 0.0375. The molecular weight excluding hydrogens is 290 g/mol. The molecule has 0 saturated carbocycles. The summed E-state index contributed by atoms with van der Waals surface area (Å²) in [7, 11) is 0. The van der Waals surface area contributed by atoms with Crippen LogP contribution in [0.3, 0.4) is 0 Å². The van der Waals surface area contributed by atoms with Crippen LogP contribution in [0.15, 0.2) is 17.0 Å². The van der Waals surface area contributed by atoms with Gasteiger partial charge >= 0.3 is 0 Å². The van der Waals surface area contributed by atoms with Crippen molar-refractivity contribution in [1.29, 1.82) is 0 Å². The van der Waals surface area contributed by atoms with Gasteiger partial charge in [0.15, 0.2) is 5.13 Å². The van der Waals surface area contributed by atoms with Crippen LogP contribution in [0.2, 0.25) is 0 Å². The highest BCUT2D eigenvalue weighted by molar-refractivity contribution is 7.13. The molecule has 5 nitrogen and oxygen atoms in total. The molecule has 1 atom stereocenters.